The molecule has 5 N–H and O–H groups in total. The van der Waals surface area contributed by atoms with E-state index in [0.717, 1.165) is 5.56 Å². The molecular weight excluding hydrogens is 298 g/mol. The minimum absolute atomic E-state index is 0.0836. The van der Waals surface area contributed by atoms with Gasteiger partial charge in [-0.1, -0.05) is 17.7 Å². The fourth-order valence-electron chi connectivity index (χ4n) is 1.58. The Bertz CT molecular complexity index is 562. The van der Waals surface area contributed by atoms with Gasteiger partial charge in [0.15, 0.2) is 0 Å². The maximum absolute atomic E-state index is 11.7. The van der Waals surface area contributed by atoms with Gasteiger partial charge < -0.3 is 21.5 Å². The number of aliphatic carboxylic acids is 1. The van der Waals surface area contributed by atoms with E-state index in [0.29, 0.717) is 10.7 Å². The molecular formula is C13H16ClN3O4. The number of benzene rings is 1. The SMILES string of the molecule is Cc1ccc(NC(=O)N[C@H](CCC(N)=O)C(=O)O)c(Cl)c1. The van der Waals surface area contributed by atoms with Crippen LogP contribution in [0.4, 0.5) is 10.5 Å². The lowest BCUT2D eigenvalue weighted by Crippen LogP contribution is -2.43. The van der Waals surface area contributed by atoms with Crippen LogP contribution in [-0.2, 0) is 9.59 Å². The number of amides is 3. The van der Waals surface area contributed by atoms with Crippen LogP contribution in [0, 0.1) is 6.92 Å². The van der Waals surface area contributed by atoms with Gasteiger partial charge in [0, 0.05) is 6.42 Å². The van der Waals surface area contributed by atoms with E-state index in [1.165, 1.54) is 0 Å². The number of urea groups is 1. The van der Waals surface area contributed by atoms with Crippen molar-refractivity contribution >= 4 is 35.2 Å². The molecule has 0 bridgehead atoms. The zero-order chi connectivity index (χ0) is 16.0. The largest absolute Gasteiger partial charge is 0.480 e. The van der Waals surface area contributed by atoms with Crippen molar-refractivity contribution in [2.75, 3.05) is 5.32 Å². The number of nitrogens with one attached hydrogen (secondary N) is 2. The standard InChI is InChI=1S/C13H16ClN3O4/c1-7-2-3-9(8(14)6-7)16-13(21)17-10(12(19)20)4-5-11(15)18/h2-3,6,10H,4-5H2,1H3,(H2,15,18)(H,19,20)(H2,16,17,21)/t10-/m1/s1. The Balaban J connectivity index is 2.65. The maximum Gasteiger partial charge on any atom is 0.326 e. The van der Waals surface area contributed by atoms with Gasteiger partial charge in [-0.05, 0) is 31.0 Å². The van der Waals surface area contributed by atoms with Crippen molar-refractivity contribution in [2.24, 2.45) is 5.73 Å². The van der Waals surface area contributed by atoms with Gasteiger partial charge in [0.2, 0.25) is 5.91 Å². The third kappa shape index (κ3) is 5.70. The first kappa shape index (κ1) is 16.8. The number of rotatable bonds is 6. The molecule has 0 spiro atoms. The van der Waals surface area contributed by atoms with E-state index < -0.39 is 23.9 Å². The number of carboxylic acid groups (broad SMARTS) is 1. The minimum atomic E-state index is -1.25. The van der Waals surface area contributed by atoms with Crippen molar-refractivity contribution in [1.29, 1.82) is 0 Å². The Hall–Kier alpha value is -2.28. The number of hydrogen-bond acceptors (Lipinski definition) is 3. The molecule has 0 aromatic heterocycles. The fourth-order valence-corrected chi connectivity index (χ4v) is 1.86. The van der Waals surface area contributed by atoms with Crippen molar-refractivity contribution in [3.8, 4) is 0 Å². The van der Waals surface area contributed by atoms with Gasteiger partial charge in [0.25, 0.3) is 0 Å². The van der Waals surface area contributed by atoms with Crippen LogP contribution < -0.4 is 16.4 Å². The van der Waals surface area contributed by atoms with Crippen LogP contribution in [0.3, 0.4) is 0 Å². The summed E-state index contributed by atoms with van der Waals surface area (Å²) >= 11 is 5.96. The summed E-state index contributed by atoms with van der Waals surface area (Å²) in [5, 5.41) is 14.0. The van der Waals surface area contributed by atoms with Crippen LogP contribution in [0.25, 0.3) is 0 Å². The number of carbonyl (C=O) groups excluding carboxylic acids is 2. The summed E-state index contributed by atoms with van der Waals surface area (Å²) in [5.74, 6) is -1.88. The van der Waals surface area contributed by atoms with E-state index in [2.05, 4.69) is 10.6 Å². The lowest BCUT2D eigenvalue weighted by atomic mass is 10.1. The third-order valence-electron chi connectivity index (χ3n) is 2.66. The van der Waals surface area contributed by atoms with Crippen LogP contribution in [0.1, 0.15) is 18.4 Å². The van der Waals surface area contributed by atoms with E-state index in [1.54, 1.807) is 18.2 Å². The first-order valence-electron chi connectivity index (χ1n) is 6.14. The quantitative estimate of drug-likeness (QED) is 0.635. The van der Waals surface area contributed by atoms with Crippen LogP contribution >= 0.6 is 11.6 Å². The molecule has 0 aliphatic heterocycles. The molecule has 1 aromatic carbocycles. The molecule has 3 amide bonds. The average Bonchev–Trinajstić information content (AvgIpc) is 2.37. The smallest absolute Gasteiger partial charge is 0.326 e. The Labute approximate surface area is 126 Å². The molecule has 0 radical (unpaired) electrons. The number of hydrogen-bond donors (Lipinski definition) is 4. The van der Waals surface area contributed by atoms with E-state index in [1.807, 2.05) is 6.92 Å². The number of primary amides is 1. The third-order valence-corrected chi connectivity index (χ3v) is 2.97. The molecule has 0 heterocycles. The van der Waals surface area contributed by atoms with Crippen LogP contribution in [0.2, 0.25) is 5.02 Å². The summed E-state index contributed by atoms with van der Waals surface area (Å²) < 4.78 is 0. The molecule has 7 nitrogen and oxygen atoms in total. The predicted octanol–water partition coefficient (Wildman–Crippen LogP) is 1.49. The van der Waals surface area contributed by atoms with Gasteiger partial charge in [-0.25, -0.2) is 9.59 Å². The molecule has 1 atom stereocenters. The summed E-state index contributed by atoms with van der Waals surface area (Å²) in [6, 6.07) is 3.10. The first-order chi connectivity index (χ1) is 9.79. The Morgan fingerprint density at radius 1 is 1.38 bits per heavy atom. The summed E-state index contributed by atoms with van der Waals surface area (Å²) in [7, 11) is 0. The number of anilines is 1. The molecule has 0 unspecified atom stereocenters. The Morgan fingerprint density at radius 2 is 2.05 bits per heavy atom. The van der Waals surface area contributed by atoms with Crippen molar-refractivity contribution in [3.63, 3.8) is 0 Å². The van der Waals surface area contributed by atoms with Gasteiger partial charge in [-0.2, -0.15) is 0 Å². The second-order valence-corrected chi connectivity index (χ2v) is 4.88. The molecule has 1 aromatic rings. The molecule has 0 saturated carbocycles. The molecule has 0 saturated heterocycles. The summed E-state index contributed by atoms with van der Waals surface area (Å²) in [4.78, 5) is 33.4. The van der Waals surface area contributed by atoms with Crippen LogP contribution in [0.5, 0.6) is 0 Å². The summed E-state index contributed by atoms with van der Waals surface area (Å²) in [6.45, 7) is 1.85. The first-order valence-corrected chi connectivity index (χ1v) is 6.52. The second-order valence-electron chi connectivity index (χ2n) is 4.48. The van der Waals surface area contributed by atoms with Crippen molar-refractivity contribution in [3.05, 3.63) is 28.8 Å². The predicted molar refractivity (Wildman–Crippen MR) is 78.2 cm³/mol. The number of nitrogens with two attached hydrogens (primary N) is 1. The van der Waals surface area contributed by atoms with Crippen molar-refractivity contribution in [1.82, 2.24) is 5.32 Å². The minimum Gasteiger partial charge on any atom is -0.480 e. The molecule has 21 heavy (non-hydrogen) atoms. The molecule has 8 heteroatoms. The fraction of sp³-hybridized carbons (Fsp3) is 0.308. The van der Waals surface area contributed by atoms with E-state index in [-0.39, 0.29) is 12.8 Å². The molecule has 114 valence electrons. The number of aryl methyl sites for hydroxylation is 1. The van der Waals surface area contributed by atoms with Gasteiger partial charge in [0.1, 0.15) is 6.04 Å². The van der Waals surface area contributed by atoms with Crippen molar-refractivity contribution in [2.45, 2.75) is 25.8 Å². The number of carbonyl (C=O) groups is 3. The monoisotopic (exact) mass is 313 g/mol. The van der Waals surface area contributed by atoms with Gasteiger partial charge in [-0.15, -0.1) is 0 Å². The highest BCUT2D eigenvalue weighted by molar-refractivity contribution is 6.33. The lowest BCUT2D eigenvalue weighted by molar-refractivity contribution is -0.139. The summed E-state index contributed by atoms with van der Waals surface area (Å²) in [5.41, 5.74) is 6.24. The Kier molecular flexibility index (Phi) is 5.98. The summed E-state index contributed by atoms with van der Waals surface area (Å²) in [6.07, 6.45) is -0.220. The zero-order valence-electron chi connectivity index (χ0n) is 11.4. The number of halogens is 1. The van der Waals surface area contributed by atoms with E-state index >= 15 is 0 Å². The number of carboxylic acids is 1. The highest BCUT2D eigenvalue weighted by atomic mass is 35.5. The molecule has 1 rings (SSSR count). The van der Waals surface area contributed by atoms with Crippen LogP contribution in [-0.4, -0.2) is 29.1 Å². The van der Waals surface area contributed by atoms with Gasteiger partial charge in [0.05, 0.1) is 10.7 Å². The average molecular weight is 314 g/mol. The van der Waals surface area contributed by atoms with Gasteiger partial charge in [-0.3, -0.25) is 4.79 Å². The molecule has 0 fully saturated rings. The van der Waals surface area contributed by atoms with Crippen LogP contribution in [0.15, 0.2) is 18.2 Å². The second kappa shape index (κ2) is 7.49. The molecule has 0 aliphatic rings. The lowest BCUT2D eigenvalue weighted by Gasteiger charge is -2.15. The highest BCUT2D eigenvalue weighted by Gasteiger charge is 2.20. The zero-order valence-corrected chi connectivity index (χ0v) is 12.1. The van der Waals surface area contributed by atoms with E-state index in [9.17, 15) is 14.4 Å². The highest BCUT2D eigenvalue weighted by Crippen LogP contribution is 2.22. The normalized spacial score (nSPS) is 11.5. The van der Waals surface area contributed by atoms with Crippen molar-refractivity contribution < 1.29 is 19.5 Å². The maximum atomic E-state index is 11.7. The Morgan fingerprint density at radius 3 is 2.57 bits per heavy atom. The molecule has 0 aliphatic carbocycles. The van der Waals surface area contributed by atoms with E-state index in [4.69, 9.17) is 22.4 Å². The van der Waals surface area contributed by atoms with Gasteiger partial charge >= 0.3 is 12.0 Å². The topological polar surface area (TPSA) is 122 Å².